The van der Waals surface area contributed by atoms with Crippen molar-refractivity contribution in [3.63, 3.8) is 0 Å². The second-order valence-corrected chi connectivity index (χ2v) is 4.39. The summed E-state index contributed by atoms with van der Waals surface area (Å²) in [6.45, 7) is 3.29. The van der Waals surface area contributed by atoms with Crippen LogP contribution in [0.15, 0.2) is 12.4 Å². The normalized spacial score (nSPS) is 10.8. The van der Waals surface area contributed by atoms with Crippen molar-refractivity contribution in [2.24, 2.45) is 0 Å². The molecule has 0 aliphatic carbocycles. The fourth-order valence-electron chi connectivity index (χ4n) is 1.06. The maximum Gasteiger partial charge on any atom is 0.185 e. The average molecular weight is 213 g/mol. The third-order valence-corrected chi connectivity index (χ3v) is 2.55. The molecule has 0 unspecified atom stereocenters. The Morgan fingerprint density at radius 3 is 3.07 bits per heavy atom. The molecule has 0 saturated carbocycles. The van der Waals surface area contributed by atoms with Crippen molar-refractivity contribution in [2.45, 2.75) is 13.5 Å². The van der Waals surface area contributed by atoms with Crippen LogP contribution in [0.3, 0.4) is 0 Å². The van der Waals surface area contributed by atoms with Crippen LogP contribution in [0.4, 0.5) is 0 Å². The van der Waals surface area contributed by atoms with Crippen LogP contribution in [0.25, 0.3) is 0 Å². The second kappa shape index (κ2) is 5.82. The van der Waals surface area contributed by atoms with E-state index in [1.165, 1.54) is 11.8 Å². The van der Waals surface area contributed by atoms with E-state index in [1.807, 2.05) is 13.2 Å². The Morgan fingerprint density at radius 1 is 1.71 bits per heavy atom. The Hall–Kier alpha value is -0.810. The molecule has 0 fully saturated rings. The van der Waals surface area contributed by atoms with Gasteiger partial charge in [0, 0.05) is 31.6 Å². The lowest BCUT2D eigenvalue weighted by Crippen LogP contribution is -2.21. The molecule has 0 atom stereocenters. The molecule has 0 aliphatic rings. The second-order valence-electron chi connectivity index (χ2n) is 3.11. The predicted molar refractivity (Wildman–Crippen MR) is 58.1 cm³/mol. The molecular formula is C9H15N3OS. The van der Waals surface area contributed by atoms with E-state index in [-0.39, 0.29) is 5.12 Å². The quantitative estimate of drug-likeness (QED) is 0.796. The van der Waals surface area contributed by atoms with Gasteiger partial charge in [0.05, 0.1) is 6.54 Å². The fraction of sp³-hybridized carbons (Fsp3) is 0.556. The molecule has 5 heteroatoms. The summed E-state index contributed by atoms with van der Waals surface area (Å²) in [4.78, 5) is 20.0. The zero-order chi connectivity index (χ0) is 10.4. The highest BCUT2D eigenvalue weighted by atomic mass is 32.2. The third kappa shape index (κ3) is 4.43. The Kier molecular flexibility index (Phi) is 4.69. The summed E-state index contributed by atoms with van der Waals surface area (Å²) in [5, 5.41) is 0.177. The van der Waals surface area contributed by atoms with E-state index in [0.29, 0.717) is 0 Å². The SMILES string of the molecule is CC(=O)SCCN(C)Cc1ncc[nH]1. The molecule has 0 aromatic carbocycles. The van der Waals surface area contributed by atoms with E-state index in [4.69, 9.17) is 0 Å². The molecule has 1 heterocycles. The number of nitrogens with one attached hydrogen (secondary N) is 1. The standard InChI is InChI=1S/C9H15N3OS/c1-8(13)14-6-5-12(2)7-9-10-3-4-11-9/h3-4H,5-7H2,1-2H3,(H,10,11). The van der Waals surface area contributed by atoms with Crippen LogP contribution in [-0.4, -0.2) is 39.3 Å². The molecule has 1 rings (SSSR count). The van der Waals surface area contributed by atoms with Crippen molar-refractivity contribution in [3.8, 4) is 0 Å². The maximum atomic E-state index is 10.7. The molecule has 4 nitrogen and oxygen atoms in total. The van der Waals surface area contributed by atoms with Gasteiger partial charge in [-0.1, -0.05) is 11.8 Å². The molecule has 1 N–H and O–H groups in total. The first-order chi connectivity index (χ1) is 6.68. The maximum absolute atomic E-state index is 10.7. The number of carbonyl (C=O) groups is 1. The van der Waals surface area contributed by atoms with Crippen molar-refractivity contribution in [1.29, 1.82) is 0 Å². The Balaban J connectivity index is 2.16. The molecule has 78 valence electrons. The number of hydrogen-bond acceptors (Lipinski definition) is 4. The van der Waals surface area contributed by atoms with Crippen molar-refractivity contribution < 1.29 is 4.79 Å². The number of hydrogen-bond donors (Lipinski definition) is 1. The highest BCUT2D eigenvalue weighted by Crippen LogP contribution is 2.02. The molecule has 0 aliphatic heterocycles. The van der Waals surface area contributed by atoms with Gasteiger partial charge in [0.2, 0.25) is 0 Å². The average Bonchev–Trinajstić information content (AvgIpc) is 2.56. The summed E-state index contributed by atoms with van der Waals surface area (Å²) in [5.74, 6) is 1.80. The van der Waals surface area contributed by atoms with Crippen LogP contribution in [0.5, 0.6) is 0 Å². The Bertz CT molecular complexity index is 274. The zero-order valence-corrected chi connectivity index (χ0v) is 9.30. The minimum absolute atomic E-state index is 0.177. The van der Waals surface area contributed by atoms with E-state index >= 15 is 0 Å². The van der Waals surface area contributed by atoms with Crippen LogP contribution in [-0.2, 0) is 11.3 Å². The number of aromatic nitrogens is 2. The van der Waals surface area contributed by atoms with Crippen molar-refractivity contribution in [3.05, 3.63) is 18.2 Å². The van der Waals surface area contributed by atoms with Gasteiger partial charge in [0.1, 0.15) is 5.82 Å². The van der Waals surface area contributed by atoms with Crippen molar-refractivity contribution in [2.75, 3.05) is 19.3 Å². The van der Waals surface area contributed by atoms with E-state index in [0.717, 1.165) is 24.7 Å². The first kappa shape index (κ1) is 11.3. The molecule has 0 radical (unpaired) electrons. The summed E-state index contributed by atoms with van der Waals surface area (Å²) >= 11 is 1.36. The number of rotatable bonds is 5. The minimum atomic E-state index is 0.177. The Labute approximate surface area is 88.1 Å². The van der Waals surface area contributed by atoms with Crippen molar-refractivity contribution >= 4 is 16.9 Å². The molecular weight excluding hydrogens is 198 g/mol. The lowest BCUT2D eigenvalue weighted by molar-refractivity contribution is -0.109. The molecule has 14 heavy (non-hydrogen) atoms. The van der Waals surface area contributed by atoms with E-state index in [2.05, 4.69) is 14.9 Å². The highest BCUT2D eigenvalue weighted by molar-refractivity contribution is 8.13. The lowest BCUT2D eigenvalue weighted by Gasteiger charge is -2.13. The van der Waals surface area contributed by atoms with Crippen LogP contribution < -0.4 is 0 Å². The molecule has 0 amide bonds. The summed E-state index contributed by atoms with van der Waals surface area (Å²) in [7, 11) is 2.02. The minimum Gasteiger partial charge on any atom is -0.348 e. The molecule has 1 aromatic rings. The van der Waals surface area contributed by atoms with E-state index in [9.17, 15) is 4.79 Å². The van der Waals surface area contributed by atoms with Crippen LogP contribution >= 0.6 is 11.8 Å². The summed E-state index contributed by atoms with van der Waals surface area (Å²) in [6.07, 6.45) is 3.56. The van der Waals surface area contributed by atoms with Gasteiger partial charge < -0.3 is 4.98 Å². The monoisotopic (exact) mass is 213 g/mol. The van der Waals surface area contributed by atoms with Gasteiger partial charge in [-0.15, -0.1) is 0 Å². The summed E-state index contributed by atoms with van der Waals surface area (Å²) < 4.78 is 0. The number of imidazole rings is 1. The smallest absolute Gasteiger partial charge is 0.185 e. The van der Waals surface area contributed by atoms with Gasteiger partial charge >= 0.3 is 0 Å². The Morgan fingerprint density at radius 2 is 2.50 bits per heavy atom. The van der Waals surface area contributed by atoms with Gasteiger partial charge in [-0.25, -0.2) is 4.98 Å². The van der Waals surface area contributed by atoms with Gasteiger partial charge in [0.15, 0.2) is 5.12 Å². The van der Waals surface area contributed by atoms with E-state index in [1.54, 1.807) is 13.1 Å². The van der Waals surface area contributed by atoms with Gasteiger partial charge in [0.25, 0.3) is 0 Å². The van der Waals surface area contributed by atoms with Gasteiger partial charge in [-0.2, -0.15) is 0 Å². The summed E-state index contributed by atoms with van der Waals surface area (Å²) in [6, 6.07) is 0. The van der Waals surface area contributed by atoms with Crippen molar-refractivity contribution in [1.82, 2.24) is 14.9 Å². The van der Waals surface area contributed by atoms with E-state index < -0.39 is 0 Å². The molecule has 0 spiro atoms. The van der Waals surface area contributed by atoms with Gasteiger partial charge in [-0.05, 0) is 7.05 Å². The molecule has 0 saturated heterocycles. The van der Waals surface area contributed by atoms with Gasteiger partial charge in [-0.3, -0.25) is 9.69 Å². The number of nitrogens with zero attached hydrogens (tertiary/aromatic N) is 2. The van der Waals surface area contributed by atoms with Crippen LogP contribution in [0, 0.1) is 0 Å². The largest absolute Gasteiger partial charge is 0.348 e. The summed E-state index contributed by atoms with van der Waals surface area (Å²) in [5.41, 5.74) is 0. The number of carbonyl (C=O) groups excluding carboxylic acids is 1. The topological polar surface area (TPSA) is 49.0 Å². The molecule has 1 aromatic heterocycles. The number of thioether (sulfide) groups is 1. The first-order valence-electron chi connectivity index (χ1n) is 4.48. The number of H-pyrrole nitrogens is 1. The fourth-order valence-corrected chi connectivity index (χ4v) is 1.75. The van der Waals surface area contributed by atoms with Crippen LogP contribution in [0.1, 0.15) is 12.7 Å². The number of aromatic amines is 1. The predicted octanol–water partition coefficient (Wildman–Crippen LogP) is 1.12. The first-order valence-corrected chi connectivity index (χ1v) is 5.47. The van der Waals surface area contributed by atoms with Crippen LogP contribution in [0.2, 0.25) is 0 Å². The highest BCUT2D eigenvalue weighted by Gasteiger charge is 2.02. The zero-order valence-electron chi connectivity index (χ0n) is 8.49. The third-order valence-electron chi connectivity index (χ3n) is 1.75. The molecule has 0 bridgehead atoms. The lowest BCUT2D eigenvalue weighted by atomic mass is 10.5.